The van der Waals surface area contributed by atoms with E-state index >= 15 is 0 Å². The zero-order valence-electron chi connectivity index (χ0n) is 16.4. The van der Waals surface area contributed by atoms with Crippen LogP contribution < -0.4 is 5.73 Å². The Balaban J connectivity index is 1.42. The molecule has 1 fully saturated rings. The number of nitrogen functional groups attached to an aromatic ring is 1. The van der Waals surface area contributed by atoms with Gasteiger partial charge in [-0.05, 0) is 43.1 Å². The number of nitrogens with two attached hydrogens (primary N) is 1. The van der Waals surface area contributed by atoms with Crippen molar-refractivity contribution in [1.82, 2.24) is 19.9 Å². The van der Waals surface area contributed by atoms with Gasteiger partial charge < -0.3 is 10.5 Å². The molecule has 1 saturated heterocycles. The standard InChI is InChI=1S/C22H26N6O/c23-20-9-2-1-8-19(20)22(24)21-16-28(26-25-21)18-7-3-5-17(15-18)6-4-10-27-11-13-29-14-12-27/h1-3,5,7-9,15-16,24H,4,6,10-14,23H2. The van der Waals surface area contributed by atoms with Gasteiger partial charge in [-0.1, -0.05) is 35.5 Å². The van der Waals surface area contributed by atoms with Crippen LogP contribution >= 0.6 is 0 Å². The Kier molecular flexibility index (Phi) is 5.97. The molecule has 4 rings (SSSR count). The van der Waals surface area contributed by atoms with Crippen LogP contribution in [-0.2, 0) is 11.2 Å². The van der Waals surface area contributed by atoms with E-state index in [2.05, 4.69) is 27.3 Å². The first-order valence-electron chi connectivity index (χ1n) is 9.96. The minimum Gasteiger partial charge on any atom is -0.398 e. The second-order valence-electron chi connectivity index (χ2n) is 7.24. The molecule has 1 aliphatic heterocycles. The third kappa shape index (κ3) is 4.70. The number of hydrogen-bond acceptors (Lipinski definition) is 6. The van der Waals surface area contributed by atoms with Crippen LogP contribution in [0.3, 0.4) is 0 Å². The summed E-state index contributed by atoms with van der Waals surface area (Å²) < 4.78 is 7.12. The average Bonchev–Trinajstić information content (AvgIpc) is 3.25. The summed E-state index contributed by atoms with van der Waals surface area (Å²) >= 11 is 0. The number of morpholine rings is 1. The smallest absolute Gasteiger partial charge is 0.131 e. The summed E-state index contributed by atoms with van der Waals surface area (Å²) in [7, 11) is 0. The lowest BCUT2D eigenvalue weighted by Gasteiger charge is -2.26. The van der Waals surface area contributed by atoms with Gasteiger partial charge in [0.15, 0.2) is 0 Å². The van der Waals surface area contributed by atoms with E-state index in [0.29, 0.717) is 16.9 Å². The molecule has 0 unspecified atom stereocenters. The Morgan fingerprint density at radius 3 is 2.76 bits per heavy atom. The molecule has 0 bridgehead atoms. The minimum atomic E-state index is 0.274. The third-order valence-electron chi connectivity index (χ3n) is 5.20. The van der Waals surface area contributed by atoms with E-state index in [4.69, 9.17) is 15.9 Å². The van der Waals surface area contributed by atoms with E-state index in [0.717, 1.165) is 51.4 Å². The summed E-state index contributed by atoms with van der Waals surface area (Å²) in [4.78, 5) is 2.46. The highest BCUT2D eigenvalue weighted by molar-refractivity contribution is 6.12. The molecular formula is C22H26N6O. The summed E-state index contributed by atoms with van der Waals surface area (Å²) in [6, 6.07) is 15.7. The van der Waals surface area contributed by atoms with Gasteiger partial charge in [0, 0.05) is 24.3 Å². The second kappa shape index (κ2) is 8.98. The van der Waals surface area contributed by atoms with Crippen molar-refractivity contribution in [1.29, 1.82) is 5.41 Å². The van der Waals surface area contributed by atoms with Crippen molar-refractivity contribution in [3.8, 4) is 5.69 Å². The Morgan fingerprint density at radius 2 is 1.93 bits per heavy atom. The highest BCUT2D eigenvalue weighted by Crippen LogP contribution is 2.17. The van der Waals surface area contributed by atoms with Crippen molar-refractivity contribution < 1.29 is 4.74 Å². The predicted molar refractivity (Wildman–Crippen MR) is 114 cm³/mol. The Hall–Kier alpha value is -3.03. The summed E-state index contributed by atoms with van der Waals surface area (Å²) in [6.45, 7) is 4.83. The van der Waals surface area contributed by atoms with Crippen LogP contribution in [0.4, 0.5) is 5.69 Å². The number of nitrogens with one attached hydrogen (secondary N) is 1. The van der Waals surface area contributed by atoms with E-state index < -0.39 is 0 Å². The fraction of sp³-hybridized carbons (Fsp3) is 0.318. The lowest BCUT2D eigenvalue weighted by atomic mass is 10.1. The van der Waals surface area contributed by atoms with Gasteiger partial charge >= 0.3 is 0 Å². The van der Waals surface area contributed by atoms with Gasteiger partial charge in [0.05, 0.1) is 30.8 Å². The zero-order chi connectivity index (χ0) is 20.1. The molecule has 0 amide bonds. The number of aromatic nitrogens is 3. The molecule has 0 aliphatic carbocycles. The van der Waals surface area contributed by atoms with Gasteiger partial charge in [-0.25, -0.2) is 4.68 Å². The Bertz CT molecular complexity index is 977. The van der Waals surface area contributed by atoms with Gasteiger partial charge in [-0.2, -0.15) is 0 Å². The van der Waals surface area contributed by atoms with Crippen molar-refractivity contribution in [3.63, 3.8) is 0 Å². The Labute approximate surface area is 170 Å². The predicted octanol–water partition coefficient (Wildman–Crippen LogP) is 2.53. The van der Waals surface area contributed by atoms with E-state index in [1.54, 1.807) is 16.9 Å². The summed E-state index contributed by atoms with van der Waals surface area (Å²) in [5, 5.41) is 16.8. The Morgan fingerprint density at radius 1 is 1.10 bits per heavy atom. The first-order valence-corrected chi connectivity index (χ1v) is 9.96. The second-order valence-corrected chi connectivity index (χ2v) is 7.24. The van der Waals surface area contributed by atoms with Gasteiger partial charge in [0.2, 0.25) is 0 Å². The molecule has 2 heterocycles. The zero-order valence-corrected chi connectivity index (χ0v) is 16.4. The quantitative estimate of drug-likeness (QED) is 0.478. The van der Waals surface area contributed by atoms with E-state index in [-0.39, 0.29) is 5.71 Å². The fourth-order valence-electron chi connectivity index (χ4n) is 3.55. The molecule has 150 valence electrons. The number of hydrogen-bond donors (Lipinski definition) is 2. The highest BCUT2D eigenvalue weighted by atomic mass is 16.5. The monoisotopic (exact) mass is 390 g/mol. The molecule has 29 heavy (non-hydrogen) atoms. The highest BCUT2D eigenvalue weighted by Gasteiger charge is 2.13. The lowest BCUT2D eigenvalue weighted by Crippen LogP contribution is -2.36. The van der Waals surface area contributed by atoms with Crippen LogP contribution in [0.25, 0.3) is 5.69 Å². The van der Waals surface area contributed by atoms with Crippen molar-refractivity contribution in [2.75, 3.05) is 38.6 Å². The van der Waals surface area contributed by atoms with Crippen molar-refractivity contribution in [2.24, 2.45) is 0 Å². The molecule has 1 aromatic heterocycles. The van der Waals surface area contributed by atoms with Crippen LogP contribution in [0.2, 0.25) is 0 Å². The lowest BCUT2D eigenvalue weighted by molar-refractivity contribution is 0.0375. The maximum Gasteiger partial charge on any atom is 0.131 e. The van der Waals surface area contributed by atoms with Crippen LogP contribution in [0.15, 0.2) is 54.7 Å². The number of para-hydroxylation sites is 1. The molecule has 3 aromatic rings. The molecule has 7 heteroatoms. The van der Waals surface area contributed by atoms with Crippen molar-refractivity contribution in [3.05, 3.63) is 71.5 Å². The van der Waals surface area contributed by atoms with Crippen molar-refractivity contribution in [2.45, 2.75) is 12.8 Å². The normalized spacial score (nSPS) is 14.8. The molecule has 7 nitrogen and oxygen atoms in total. The summed E-state index contributed by atoms with van der Waals surface area (Å²) in [5.41, 5.74) is 10.2. The number of aryl methyl sites for hydroxylation is 1. The summed E-state index contributed by atoms with van der Waals surface area (Å²) in [5.74, 6) is 0. The van der Waals surface area contributed by atoms with Gasteiger partial charge in [-0.3, -0.25) is 10.3 Å². The largest absolute Gasteiger partial charge is 0.398 e. The van der Waals surface area contributed by atoms with Gasteiger partial charge in [0.1, 0.15) is 5.69 Å². The topological polar surface area (TPSA) is 93.0 Å². The van der Waals surface area contributed by atoms with Gasteiger partial charge in [-0.15, -0.1) is 5.10 Å². The van der Waals surface area contributed by atoms with Crippen molar-refractivity contribution >= 4 is 11.4 Å². The van der Waals surface area contributed by atoms with Crippen LogP contribution in [-0.4, -0.2) is 58.5 Å². The maximum absolute atomic E-state index is 8.41. The SMILES string of the molecule is N=C(c1cn(-c2cccc(CCCN3CCOCC3)c2)nn1)c1ccccc1N. The molecule has 0 atom stereocenters. The number of benzene rings is 2. The first kappa shape index (κ1) is 19.3. The van der Waals surface area contributed by atoms with E-state index in [9.17, 15) is 0 Å². The van der Waals surface area contributed by atoms with Crippen LogP contribution in [0, 0.1) is 5.41 Å². The average molecular weight is 390 g/mol. The first-order chi connectivity index (χ1) is 14.2. The summed E-state index contributed by atoms with van der Waals surface area (Å²) in [6.07, 6.45) is 3.91. The number of ether oxygens (including phenoxy) is 1. The molecule has 1 aliphatic rings. The van der Waals surface area contributed by atoms with Gasteiger partial charge in [0.25, 0.3) is 0 Å². The number of nitrogens with zero attached hydrogens (tertiary/aromatic N) is 4. The fourth-order valence-corrected chi connectivity index (χ4v) is 3.55. The molecular weight excluding hydrogens is 364 g/mol. The molecule has 0 saturated carbocycles. The van der Waals surface area contributed by atoms with E-state index in [1.165, 1.54) is 5.56 Å². The van der Waals surface area contributed by atoms with Crippen LogP contribution in [0.1, 0.15) is 23.2 Å². The minimum absolute atomic E-state index is 0.274. The molecule has 2 aromatic carbocycles. The number of anilines is 1. The molecule has 3 N–H and O–H groups in total. The van der Waals surface area contributed by atoms with E-state index in [1.807, 2.05) is 30.3 Å². The maximum atomic E-state index is 8.41. The number of rotatable bonds is 7. The molecule has 0 radical (unpaired) electrons. The molecule has 0 spiro atoms. The third-order valence-corrected chi connectivity index (χ3v) is 5.20. The van der Waals surface area contributed by atoms with Crippen LogP contribution in [0.5, 0.6) is 0 Å².